The van der Waals surface area contributed by atoms with Crippen molar-refractivity contribution in [3.63, 3.8) is 0 Å². The Morgan fingerprint density at radius 3 is 3.11 bits per heavy atom. The van der Waals surface area contributed by atoms with Crippen LogP contribution in [-0.4, -0.2) is 59.3 Å². The highest BCUT2D eigenvalue weighted by Gasteiger charge is 2.40. The molecule has 1 aromatic rings. The number of carbonyl (C=O) groups excluding carboxylic acids is 1. The lowest BCUT2D eigenvalue weighted by molar-refractivity contribution is -0.160. The number of imidazole rings is 1. The molecular formula is C13H19N3O3. The van der Waals surface area contributed by atoms with Gasteiger partial charge in [-0.1, -0.05) is 0 Å². The Morgan fingerprint density at radius 2 is 2.42 bits per heavy atom. The van der Waals surface area contributed by atoms with E-state index in [1.165, 1.54) is 0 Å². The van der Waals surface area contributed by atoms with E-state index in [0.29, 0.717) is 32.0 Å². The molecule has 0 aromatic carbocycles. The highest BCUT2D eigenvalue weighted by Crippen LogP contribution is 2.28. The maximum Gasteiger partial charge on any atom is 0.272 e. The first-order valence-corrected chi connectivity index (χ1v) is 6.71. The Labute approximate surface area is 112 Å². The van der Waals surface area contributed by atoms with Gasteiger partial charge in [0.2, 0.25) is 0 Å². The van der Waals surface area contributed by atoms with Gasteiger partial charge in [-0.2, -0.15) is 0 Å². The first kappa shape index (κ1) is 12.6. The number of H-pyrrole nitrogens is 1. The molecule has 1 aromatic heterocycles. The van der Waals surface area contributed by atoms with Crippen molar-refractivity contribution < 1.29 is 14.3 Å². The molecule has 19 heavy (non-hydrogen) atoms. The topological polar surface area (TPSA) is 67.5 Å². The molecule has 0 bridgehead atoms. The predicted molar refractivity (Wildman–Crippen MR) is 68.0 cm³/mol. The van der Waals surface area contributed by atoms with Crippen molar-refractivity contribution in [1.29, 1.82) is 0 Å². The zero-order chi connectivity index (χ0) is 13.3. The Morgan fingerprint density at radius 1 is 1.53 bits per heavy atom. The number of hydrogen-bond donors (Lipinski definition) is 1. The van der Waals surface area contributed by atoms with Crippen LogP contribution >= 0.6 is 0 Å². The summed E-state index contributed by atoms with van der Waals surface area (Å²) in [6, 6.07) is 0. The average Bonchev–Trinajstić information content (AvgIpc) is 2.85. The molecule has 2 saturated heterocycles. The largest absolute Gasteiger partial charge is 0.378 e. The SMILES string of the molecule is Cc1ncc(C(=O)N2CCOC3(CCCOC3)C2)[nH]1. The third-order valence-corrected chi connectivity index (χ3v) is 3.76. The summed E-state index contributed by atoms with van der Waals surface area (Å²) < 4.78 is 11.4. The van der Waals surface area contributed by atoms with Crippen molar-refractivity contribution in [3.8, 4) is 0 Å². The second kappa shape index (κ2) is 4.94. The van der Waals surface area contributed by atoms with E-state index in [4.69, 9.17) is 9.47 Å². The van der Waals surface area contributed by atoms with Crippen LogP contribution in [0.5, 0.6) is 0 Å². The number of rotatable bonds is 1. The minimum atomic E-state index is -0.304. The summed E-state index contributed by atoms with van der Waals surface area (Å²) >= 11 is 0. The Balaban J connectivity index is 1.72. The molecule has 1 unspecified atom stereocenters. The summed E-state index contributed by atoms with van der Waals surface area (Å²) in [6.45, 7) is 5.01. The predicted octanol–water partition coefficient (Wildman–Crippen LogP) is 0.740. The van der Waals surface area contributed by atoms with Gasteiger partial charge in [-0.15, -0.1) is 0 Å². The molecule has 3 heterocycles. The number of hydrogen-bond acceptors (Lipinski definition) is 4. The zero-order valence-corrected chi connectivity index (χ0v) is 11.1. The minimum Gasteiger partial charge on any atom is -0.378 e. The summed E-state index contributed by atoms with van der Waals surface area (Å²) in [6.07, 6.45) is 3.54. The van der Waals surface area contributed by atoms with Crippen LogP contribution in [0.2, 0.25) is 0 Å². The first-order chi connectivity index (χ1) is 9.19. The molecule has 1 N–H and O–H groups in total. The lowest BCUT2D eigenvalue weighted by Gasteiger charge is -2.44. The maximum atomic E-state index is 12.4. The van der Waals surface area contributed by atoms with Gasteiger partial charge >= 0.3 is 0 Å². The number of amides is 1. The zero-order valence-electron chi connectivity index (χ0n) is 11.1. The number of morpholine rings is 1. The molecule has 2 aliphatic heterocycles. The number of nitrogens with one attached hydrogen (secondary N) is 1. The van der Waals surface area contributed by atoms with Crippen LogP contribution in [0, 0.1) is 6.92 Å². The molecule has 6 heteroatoms. The van der Waals surface area contributed by atoms with Gasteiger partial charge in [0.05, 0.1) is 26.0 Å². The van der Waals surface area contributed by atoms with Gasteiger partial charge in [0.1, 0.15) is 17.1 Å². The first-order valence-electron chi connectivity index (χ1n) is 6.71. The summed E-state index contributed by atoms with van der Waals surface area (Å²) in [7, 11) is 0. The fraction of sp³-hybridized carbons (Fsp3) is 0.692. The number of nitrogens with zero attached hydrogens (tertiary/aromatic N) is 2. The molecule has 6 nitrogen and oxygen atoms in total. The minimum absolute atomic E-state index is 0.00570. The van der Waals surface area contributed by atoms with Crippen molar-refractivity contribution in [3.05, 3.63) is 17.7 Å². The van der Waals surface area contributed by atoms with Crippen LogP contribution in [0.3, 0.4) is 0 Å². The van der Waals surface area contributed by atoms with Crippen LogP contribution in [0.1, 0.15) is 29.2 Å². The molecule has 2 fully saturated rings. The molecular weight excluding hydrogens is 246 g/mol. The second-order valence-corrected chi connectivity index (χ2v) is 5.30. The normalized spacial score (nSPS) is 27.7. The smallest absolute Gasteiger partial charge is 0.272 e. The molecule has 104 valence electrons. The summed E-state index contributed by atoms with van der Waals surface area (Å²) in [4.78, 5) is 21.3. The van der Waals surface area contributed by atoms with E-state index < -0.39 is 0 Å². The molecule has 3 rings (SSSR count). The van der Waals surface area contributed by atoms with Crippen molar-refractivity contribution >= 4 is 5.91 Å². The monoisotopic (exact) mass is 265 g/mol. The number of ether oxygens (including phenoxy) is 2. The summed E-state index contributed by atoms with van der Waals surface area (Å²) in [5, 5.41) is 0. The number of aromatic nitrogens is 2. The van der Waals surface area contributed by atoms with Crippen LogP contribution < -0.4 is 0 Å². The Hall–Kier alpha value is -1.40. The molecule has 2 aliphatic rings. The van der Waals surface area contributed by atoms with E-state index in [1.54, 1.807) is 6.20 Å². The molecule has 1 atom stereocenters. The quantitative estimate of drug-likeness (QED) is 0.813. The number of aromatic amines is 1. The molecule has 1 amide bonds. The van der Waals surface area contributed by atoms with Crippen molar-refractivity contribution in [2.24, 2.45) is 0 Å². The van der Waals surface area contributed by atoms with E-state index >= 15 is 0 Å². The van der Waals surface area contributed by atoms with Gasteiger partial charge in [0, 0.05) is 13.2 Å². The lowest BCUT2D eigenvalue weighted by Crippen LogP contribution is -2.57. The van der Waals surface area contributed by atoms with Crippen LogP contribution in [-0.2, 0) is 9.47 Å². The van der Waals surface area contributed by atoms with E-state index in [0.717, 1.165) is 25.3 Å². The van der Waals surface area contributed by atoms with Gasteiger partial charge in [-0.05, 0) is 19.8 Å². The van der Waals surface area contributed by atoms with E-state index in [1.807, 2.05) is 11.8 Å². The fourth-order valence-corrected chi connectivity index (χ4v) is 2.78. The molecule has 0 saturated carbocycles. The highest BCUT2D eigenvalue weighted by molar-refractivity contribution is 5.92. The lowest BCUT2D eigenvalue weighted by atomic mass is 9.94. The van der Waals surface area contributed by atoms with Gasteiger partial charge < -0.3 is 19.4 Å². The van der Waals surface area contributed by atoms with Crippen molar-refractivity contribution in [2.45, 2.75) is 25.4 Å². The number of carbonyl (C=O) groups is 1. The van der Waals surface area contributed by atoms with Crippen LogP contribution in [0.4, 0.5) is 0 Å². The summed E-state index contributed by atoms with van der Waals surface area (Å²) in [5.74, 6) is 0.751. The van der Waals surface area contributed by atoms with Gasteiger partial charge in [0.15, 0.2) is 0 Å². The summed E-state index contributed by atoms with van der Waals surface area (Å²) in [5.41, 5.74) is 0.243. The van der Waals surface area contributed by atoms with Crippen molar-refractivity contribution in [2.75, 3.05) is 32.9 Å². The second-order valence-electron chi connectivity index (χ2n) is 5.30. The number of aryl methyl sites for hydroxylation is 1. The molecule has 0 radical (unpaired) electrons. The van der Waals surface area contributed by atoms with Gasteiger partial charge in [-0.25, -0.2) is 4.98 Å². The van der Waals surface area contributed by atoms with Gasteiger partial charge in [-0.3, -0.25) is 4.79 Å². The molecule has 0 aliphatic carbocycles. The van der Waals surface area contributed by atoms with Gasteiger partial charge in [0.25, 0.3) is 5.91 Å². The van der Waals surface area contributed by atoms with E-state index in [2.05, 4.69) is 9.97 Å². The van der Waals surface area contributed by atoms with Crippen LogP contribution in [0.25, 0.3) is 0 Å². The Kier molecular flexibility index (Phi) is 3.28. The third-order valence-electron chi connectivity index (χ3n) is 3.76. The standard InChI is InChI=1S/C13H19N3O3/c1-10-14-7-11(15-10)12(17)16-4-6-19-13(8-16)3-2-5-18-9-13/h7H,2-6,8-9H2,1H3,(H,14,15). The average molecular weight is 265 g/mol. The Bertz CT molecular complexity index is 460. The molecule has 1 spiro atoms. The van der Waals surface area contributed by atoms with E-state index in [-0.39, 0.29) is 11.5 Å². The maximum absolute atomic E-state index is 12.4. The van der Waals surface area contributed by atoms with E-state index in [9.17, 15) is 4.79 Å². The van der Waals surface area contributed by atoms with Crippen LogP contribution in [0.15, 0.2) is 6.20 Å². The fourth-order valence-electron chi connectivity index (χ4n) is 2.78. The highest BCUT2D eigenvalue weighted by atomic mass is 16.5. The van der Waals surface area contributed by atoms with Crippen molar-refractivity contribution in [1.82, 2.24) is 14.9 Å². The third kappa shape index (κ3) is 2.50.